The van der Waals surface area contributed by atoms with Crippen molar-refractivity contribution >= 4 is 5.91 Å². The Morgan fingerprint density at radius 1 is 1.30 bits per heavy atom. The van der Waals surface area contributed by atoms with Gasteiger partial charge in [-0.05, 0) is 24.3 Å². The van der Waals surface area contributed by atoms with Crippen LogP contribution in [0.25, 0.3) is 0 Å². The molecule has 0 spiro atoms. The fourth-order valence-electron chi connectivity index (χ4n) is 3.56. The standard InChI is InChI=1S/C19H28N2O2/c1-14(2)11-20-19(22)17-10-16-12-21(13-18(17)23-16)9-8-15-6-4-3-5-7-15/h3-7,14,16-18H,8-13H2,1-2H3,(H,20,22). The van der Waals surface area contributed by atoms with Crippen LogP contribution in [0.3, 0.4) is 0 Å². The first kappa shape index (κ1) is 16.5. The maximum absolute atomic E-state index is 12.4. The highest BCUT2D eigenvalue weighted by molar-refractivity contribution is 5.79. The second-order valence-electron chi connectivity index (χ2n) is 7.27. The third-order valence-electron chi connectivity index (χ3n) is 4.81. The van der Waals surface area contributed by atoms with E-state index in [1.807, 2.05) is 0 Å². The van der Waals surface area contributed by atoms with Crippen LogP contribution in [0.5, 0.6) is 0 Å². The van der Waals surface area contributed by atoms with Crippen molar-refractivity contribution in [1.29, 1.82) is 0 Å². The highest BCUT2D eigenvalue weighted by atomic mass is 16.5. The van der Waals surface area contributed by atoms with E-state index in [0.717, 1.165) is 39.0 Å². The number of nitrogens with one attached hydrogen (secondary N) is 1. The normalized spacial score (nSPS) is 27.3. The van der Waals surface area contributed by atoms with E-state index in [2.05, 4.69) is 54.4 Å². The molecule has 1 aromatic rings. The van der Waals surface area contributed by atoms with E-state index in [-0.39, 0.29) is 24.0 Å². The highest BCUT2D eigenvalue weighted by Gasteiger charge is 2.44. The third kappa shape index (κ3) is 4.33. The molecule has 23 heavy (non-hydrogen) atoms. The van der Waals surface area contributed by atoms with Crippen molar-refractivity contribution in [3.63, 3.8) is 0 Å². The fourth-order valence-corrected chi connectivity index (χ4v) is 3.56. The molecule has 1 amide bonds. The summed E-state index contributed by atoms with van der Waals surface area (Å²) in [4.78, 5) is 14.8. The molecule has 0 saturated carbocycles. The molecule has 2 aliphatic heterocycles. The van der Waals surface area contributed by atoms with Gasteiger partial charge >= 0.3 is 0 Å². The summed E-state index contributed by atoms with van der Waals surface area (Å²) in [6, 6.07) is 10.6. The van der Waals surface area contributed by atoms with E-state index in [4.69, 9.17) is 4.74 Å². The molecule has 0 aliphatic carbocycles. The molecule has 4 heteroatoms. The van der Waals surface area contributed by atoms with Crippen LogP contribution in [0, 0.1) is 11.8 Å². The molecule has 0 aromatic heterocycles. The van der Waals surface area contributed by atoms with Crippen LogP contribution >= 0.6 is 0 Å². The first-order valence-electron chi connectivity index (χ1n) is 8.81. The summed E-state index contributed by atoms with van der Waals surface area (Å²) in [6.07, 6.45) is 2.22. The number of fused-ring (bicyclic) bond motifs is 2. The Morgan fingerprint density at radius 3 is 2.83 bits per heavy atom. The lowest BCUT2D eigenvalue weighted by Crippen LogP contribution is -2.46. The van der Waals surface area contributed by atoms with Crippen molar-refractivity contribution in [3.8, 4) is 0 Å². The number of rotatable bonds is 6. The molecule has 2 saturated heterocycles. The van der Waals surface area contributed by atoms with Crippen LogP contribution in [-0.2, 0) is 16.0 Å². The summed E-state index contributed by atoms with van der Waals surface area (Å²) >= 11 is 0. The SMILES string of the molecule is CC(C)CNC(=O)C1CC2CN(CCc3ccccc3)CC1O2. The number of likely N-dealkylation sites (tertiary alicyclic amines) is 1. The van der Waals surface area contributed by atoms with Gasteiger partial charge in [0.15, 0.2) is 0 Å². The monoisotopic (exact) mass is 316 g/mol. The molecule has 2 heterocycles. The summed E-state index contributed by atoms with van der Waals surface area (Å²) in [7, 11) is 0. The van der Waals surface area contributed by atoms with Crippen LogP contribution in [0.2, 0.25) is 0 Å². The molecule has 3 rings (SSSR count). The van der Waals surface area contributed by atoms with E-state index in [1.165, 1.54) is 5.56 Å². The molecule has 3 unspecified atom stereocenters. The number of hydrogen-bond donors (Lipinski definition) is 1. The highest BCUT2D eigenvalue weighted by Crippen LogP contribution is 2.32. The number of amides is 1. The van der Waals surface area contributed by atoms with Crippen molar-refractivity contribution in [2.75, 3.05) is 26.2 Å². The van der Waals surface area contributed by atoms with E-state index >= 15 is 0 Å². The van der Waals surface area contributed by atoms with E-state index in [1.54, 1.807) is 0 Å². The molecular formula is C19H28N2O2. The van der Waals surface area contributed by atoms with Gasteiger partial charge in [0.25, 0.3) is 0 Å². The van der Waals surface area contributed by atoms with Gasteiger partial charge in [0, 0.05) is 26.2 Å². The summed E-state index contributed by atoms with van der Waals surface area (Å²) in [5.41, 5.74) is 1.37. The van der Waals surface area contributed by atoms with Crippen molar-refractivity contribution < 1.29 is 9.53 Å². The van der Waals surface area contributed by atoms with Crippen LogP contribution in [-0.4, -0.2) is 49.2 Å². The lowest BCUT2D eigenvalue weighted by molar-refractivity contribution is -0.128. The van der Waals surface area contributed by atoms with E-state index < -0.39 is 0 Å². The maximum atomic E-state index is 12.4. The first-order chi connectivity index (χ1) is 11.1. The van der Waals surface area contributed by atoms with Crippen LogP contribution < -0.4 is 5.32 Å². The number of morpholine rings is 1. The largest absolute Gasteiger partial charge is 0.371 e. The fraction of sp³-hybridized carbons (Fsp3) is 0.632. The maximum Gasteiger partial charge on any atom is 0.225 e. The lowest BCUT2D eigenvalue weighted by Gasteiger charge is -2.32. The minimum absolute atomic E-state index is 0.0282. The minimum atomic E-state index is 0.0282. The van der Waals surface area contributed by atoms with E-state index in [9.17, 15) is 4.79 Å². The van der Waals surface area contributed by atoms with Crippen molar-refractivity contribution in [2.45, 2.75) is 38.9 Å². The zero-order chi connectivity index (χ0) is 16.2. The number of hydrogen-bond acceptors (Lipinski definition) is 3. The molecule has 1 N–H and O–H groups in total. The smallest absolute Gasteiger partial charge is 0.225 e. The first-order valence-corrected chi connectivity index (χ1v) is 8.81. The molecule has 4 nitrogen and oxygen atoms in total. The van der Waals surface area contributed by atoms with Crippen molar-refractivity contribution in [1.82, 2.24) is 10.2 Å². The van der Waals surface area contributed by atoms with Crippen LogP contribution in [0.4, 0.5) is 0 Å². The molecule has 0 radical (unpaired) electrons. The van der Waals surface area contributed by atoms with E-state index in [0.29, 0.717) is 5.92 Å². The Balaban J connectivity index is 1.50. The van der Waals surface area contributed by atoms with Gasteiger partial charge in [0.1, 0.15) is 0 Å². The number of ether oxygens (including phenoxy) is 1. The second-order valence-corrected chi connectivity index (χ2v) is 7.27. The molecule has 2 bridgehead atoms. The zero-order valence-electron chi connectivity index (χ0n) is 14.2. The van der Waals surface area contributed by atoms with Gasteiger partial charge in [-0.3, -0.25) is 9.69 Å². The number of benzene rings is 1. The Labute approximate surface area is 139 Å². The van der Waals surface area contributed by atoms with Gasteiger partial charge in [-0.1, -0.05) is 44.2 Å². The predicted octanol–water partition coefficient (Wildman–Crippen LogP) is 2.09. The van der Waals surface area contributed by atoms with Gasteiger partial charge in [-0.2, -0.15) is 0 Å². The average Bonchev–Trinajstić information content (AvgIpc) is 2.86. The Bertz CT molecular complexity index is 517. The molecule has 3 atom stereocenters. The summed E-state index contributed by atoms with van der Waals surface area (Å²) in [5.74, 6) is 0.694. The quantitative estimate of drug-likeness (QED) is 0.874. The predicted molar refractivity (Wildman–Crippen MR) is 91.2 cm³/mol. The van der Waals surface area contributed by atoms with Gasteiger partial charge in [-0.15, -0.1) is 0 Å². The minimum Gasteiger partial charge on any atom is -0.371 e. The molecule has 2 aliphatic rings. The summed E-state index contributed by atoms with van der Waals surface area (Å²) in [6.45, 7) is 7.87. The number of carbonyl (C=O) groups excluding carboxylic acids is 1. The number of carbonyl (C=O) groups is 1. The van der Waals surface area contributed by atoms with Gasteiger partial charge < -0.3 is 10.1 Å². The Hall–Kier alpha value is -1.39. The molecule has 2 fully saturated rings. The average molecular weight is 316 g/mol. The Kier molecular flexibility index (Phi) is 5.34. The molecular weight excluding hydrogens is 288 g/mol. The van der Waals surface area contributed by atoms with Crippen LogP contribution in [0.15, 0.2) is 30.3 Å². The zero-order valence-corrected chi connectivity index (χ0v) is 14.2. The summed E-state index contributed by atoms with van der Waals surface area (Å²) in [5, 5.41) is 3.07. The topological polar surface area (TPSA) is 41.6 Å². The molecule has 1 aromatic carbocycles. The summed E-state index contributed by atoms with van der Waals surface area (Å²) < 4.78 is 6.02. The third-order valence-corrected chi connectivity index (χ3v) is 4.81. The number of nitrogens with zero attached hydrogens (tertiary/aromatic N) is 1. The molecule has 126 valence electrons. The lowest BCUT2D eigenvalue weighted by atomic mass is 9.99. The Morgan fingerprint density at radius 2 is 2.09 bits per heavy atom. The van der Waals surface area contributed by atoms with Gasteiger partial charge in [-0.25, -0.2) is 0 Å². The van der Waals surface area contributed by atoms with Crippen LogP contribution in [0.1, 0.15) is 25.8 Å². The van der Waals surface area contributed by atoms with Gasteiger partial charge in [0.05, 0.1) is 18.1 Å². The van der Waals surface area contributed by atoms with Crippen molar-refractivity contribution in [2.24, 2.45) is 11.8 Å². The van der Waals surface area contributed by atoms with Gasteiger partial charge in [0.2, 0.25) is 5.91 Å². The second kappa shape index (κ2) is 7.45. The van der Waals surface area contributed by atoms with Crippen molar-refractivity contribution in [3.05, 3.63) is 35.9 Å².